The van der Waals surface area contributed by atoms with Crippen LogP contribution in [0.3, 0.4) is 0 Å². The normalized spacial score (nSPS) is 11.0. The van der Waals surface area contributed by atoms with Crippen molar-refractivity contribution >= 4 is 10.8 Å². The molecule has 0 radical (unpaired) electrons. The highest BCUT2D eigenvalue weighted by molar-refractivity contribution is 5.88. The van der Waals surface area contributed by atoms with E-state index >= 15 is 0 Å². The third-order valence-electron chi connectivity index (χ3n) is 2.29. The van der Waals surface area contributed by atoms with Crippen molar-refractivity contribution in [2.75, 3.05) is 0 Å². The average molecular weight is 177 g/mol. The molecule has 0 atom stereocenters. The molecule has 2 N–H and O–H groups in total. The highest BCUT2D eigenvalue weighted by Gasteiger charge is 2.10. The van der Waals surface area contributed by atoms with Crippen LogP contribution in [0.1, 0.15) is 17.1 Å². The largest absolute Gasteiger partial charge is 0.361 e. The smallest absolute Gasteiger partial charge is 0.273 e. The van der Waals surface area contributed by atoms with E-state index in [0.29, 0.717) is 0 Å². The van der Waals surface area contributed by atoms with Crippen LogP contribution in [0.2, 0.25) is 0 Å². The van der Waals surface area contributed by atoms with Crippen molar-refractivity contribution in [3.8, 4) is 0 Å². The zero-order valence-corrected chi connectivity index (χ0v) is 7.86. The van der Waals surface area contributed by atoms with Gasteiger partial charge in [0, 0.05) is 16.8 Å². The molecule has 0 saturated heterocycles. The van der Waals surface area contributed by atoms with Gasteiger partial charge in [-0.25, -0.2) is 5.10 Å². The standard InChI is InChI=1S/C9H11N3O/c1-4-7-6(3)11-12-9(13)8(7)5(2)10-4/h10H,1-3H3,(H,12,13). The molecule has 0 fully saturated rings. The van der Waals surface area contributed by atoms with Crippen molar-refractivity contribution in [2.24, 2.45) is 0 Å². The monoisotopic (exact) mass is 177 g/mol. The zero-order valence-electron chi connectivity index (χ0n) is 7.86. The Hall–Kier alpha value is -1.58. The quantitative estimate of drug-likeness (QED) is 0.634. The summed E-state index contributed by atoms with van der Waals surface area (Å²) < 4.78 is 0. The maximum Gasteiger partial charge on any atom is 0.273 e. The van der Waals surface area contributed by atoms with Gasteiger partial charge in [0.2, 0.25) is 0 Å². The molecule has 2 aromatic heterocycles. The second kappa shape index (κ2) is 2.45. The van der Waals surface area contributed by atoms with Crippen LogP contribution in [0.15, 0.2) is 4.79 Å². The molecule has 68 valence electrons. The lowest BCUT2D eigenvalue weighted by Gasteiger charge is -1.94. The lowest BCUT2D eigenvalue weighted by atomic mass is 10.2. The second-order valence-electron chi connectivity index (χ2n) is 3.26. The molecule has 2 rings (SSSR count). The minimum absolute atomic E-state index is 0.123. The van der Waals surface area contributed by atoms with Gasteiger partial charge in [-0.1, -0.05) is 0 Å². The third kappa shape index (κ3) is 0.983. The summed E-state index contributed by atoms with van der Waals surface area (Å²) in [6, 6.07) is 0. The summed E-state index contributed by atoms with van der Waals surface area (Å²) >= 11 is 0. The van der Waals surface area contributed by atoms with E-state index in [4.69, 9.17) is 0 Å². The van der Waals surface area contributed by atoms with Gasteiger partial charge in [0.05, 0.1) is 11.1 Å². The fourth-order valence-electron chi connectivity index (χ4n) is 1.76. The molecule has 0 aliphatic rings. The number of nitrogens with zero attached hydrogens (tertiary/aromatic N) is 1. The minimum atomic E-state index is -0.123. The number of rotatable bonds is 0. The Morgan fingerprint density at radius 1 is 1.08 bits per heavy atom. The van der Waals surface area contributed by atoms with Crippen molar-refractivity contribution in [3.05, 3.63) is 27.4 Å². The first-order valence-electron chi connectivity index (χ1n) is 4.15. The van der Waals surface area contributed by atoms with Gasteiger partial charge in [0.1, 0.15) is 0 Å². The van der Waals surface area contributed by atoms with Crippen LogP contribution in [0.5, 0.6) is 0 Å². The van der Waals surface area contributed by atoms with Crippen molar-refractivity contribution in [3.63, 3.8) is 0 Å². The molecule has 4 nitrogen and oxygen atoms in total. The van der Waals surface area contributed by atoms with E-state index in [9.17, 15) is 4.79 Å². The van der Waals surface area contributed by atoms with Crippen LogP contribution in [0, 0.1) is 20.8 Å². The van der Waals surface area contributed by atoms with E-state index in [1.807, 2.05) is 20.8 Å². The van der Waals surface area contributed by atoms with Gasteiger partial charge in [-0.15, -0.1) is 0 Å². The van der Waals surface area contributed by atoms with Gasteiger partial charge >= 0.3 is 0 Å². The molecular weight excluding hydrogens is 166 g/mol. The fraction of sp³-hybridized carbons (Fsp3) is 0.333. The van der Waals surface area contributed by atoms with E-state index in [1.165, 1.54) is 0 Å². The number of aryl methyl sites for hydroxylation is 3. The molecule has 0 saturated carbocycles. The molecule has 2 heterocycles. The molecule has 0 aliphatic heterocycles. The van der Waals surface area contributed by atoms with Gasteiger partial charge < -0.3 is 4.98 Å². The number of H-pyrrole nitrogens is 2. The molecule has 0 aliphatic carbocycles. The van der Waals surface area contributed by atoms with Crippen LogP contribution < -0.4 is 5.56 Å². The average Bonchev–Trinajstić information content (AvgIpc) is 2.36. The SMILES string of the molecule is Cc1n[nH]c(=O)c2c(C)[nH]c(C)c12. The van der Waals surface area contributed by atoms with E-state index in [2.05, 4.69) is 15.2 Å². The first kappa shape index (κ1) is 8.04. The Balaban J connectivity index is 3.12. The van der Waals surface area contributed by atoms with Crippen molar-refractivity contribution in [1.82, 2.24) is 15.2 Å². The van der Waals surface area contributed by atoms with Gasteiger partial charge in [0.25, 0.3) is 5.56 Å². The fourth-order valence-corrected chi connectivity index (χ4v) is 1.76. The summed E-state index contributed by atoms with van der Waals surface area (Å²) in [5, 5.41) is 8.07. The molecule has 13 heavy (non-hydrogen) atoms. The molecule has 4 heteroatoms. The molecule has 0 aromatic carbocycles. The van der Waals surface area contributed by atoms with Gasteiger partial charge in [-0.2, -0.15) is 5.10 Å². The highest BCUT2D eigenvalue weighted by Crippen LogP contribution is 2.19. The summed E-state index contributed by atoms with van der Waals surface area (Å²) in [6.45, 7) is 5.73. The van der Waals surface area contributed by atoms with Crippen LogP contribution in [0.4, 0.5) is 0 Å². The maximum absolute atomic E-state index is 11.4. The summed E-state index contributed by atoms with van der Waals surface area (Å²) in [5.74, 6) is 0. The number of aromatic amines is 2. The zero-order chi connectivity index (χ0) is 9.59. The first-order valence-corrected chi connectivity index (χ1v) is 4.15. The van der Waals surface area contributed by atoms with Crippen LogP contribution in [0.25, 0.3) is 10.8 Å². The highest BCUT2D eigenvalue weighted by atomic mass is 16.1. The summed E-state index contributed by atoms with van der Waals surface area (Å²) in [6.07, 6.45) is 0. The van der Waals surface area contributed by atoms with E-state index in [0.717, 1.165) is 27.9 Å². The number of hydrogen-bond donors (Lipinski definition) is 2. The predicted molar refractivity (Wildman–Crippen MR) is 50.9 cm³/mol. The van der Waals surface area contributed by atoms with Crippen molar-refractivity contribution in [2.45, 2.75) is 20.8 Å². The van der Waals surface area contributed by atoms with Crippen LogP contribution in [-0.2, 0) is 0 Å². The molecule has 0 amide bonds. The van der Waals surface area contributed by atoms with Gasteiger partial charge in [-0.3, -0.25) is 4.79 Å². The molecular formula is C9H11N3O. The van der Waals surface area contributed by atoms with Crippen LogP contribution in [-0.4, -0.2) is 15.2 Å². The Kier molecular flexibility index (Phi) is 1.52. The maximum atomic E-state index is 11.4. The number of hydrogen-bond acceptors (Lipinski definition) is 2. The first-order chi connectivity index (χ1) is 6.11. The van der Waals surface area contributed by atoms with Crippen molar-refractivity contribution in [1.29, 1.82) is 0 Å². The molecule has 0 bridgehead atoms. The Bertz CT molecular complexity index is 521. The third-order valence-corrected chi connectivity index (χ3v) is 2.29. The summed E-state index contributed by atoms with van der Waals surface area (Å²) in [5.41, 5.74) is 2.64. The number of fused-ring (bicyclic) bond motifs is 1. The van der Waals surface area contributed by atoms with Gasteiger partial charge in [-0.05, 0) is 20.8 Å². The van der Waals surface area contributed by atoms with Crippen molar-refractivity contribution < 1.29 is 0 Å². The molecule has 0 unspecified atom stereocenters. The van der Waals surface area contributed by atoms with Gasteiger partial charge in [0.15, 0.2) is 0 Å². The Morgan fingerprint density at radius 2 is 1.69 bits per heavy atom. The lowest BCUT2D eigenvalue weighted by molar-refractivity contribution is 0.970. The topological polar surface area (TPSA) is 61.5 Å². The summed E-state index contributed by atoms with van der Waals surface area (Å²) in [7, 11) is 0. The minimum Gasteiger partial charge on any atom is -0.361 e. The van der Waals surface area contributed by atoms with E-state index < -0.39 is 0 Å². The Morgan fingerprint density at radius 3 is 2.31 bits per heavy atom. The van der Waals surface area contributed by atoms with E-state index in [-0.39, 0.29) is 5.56 Å². The second-order valence-corrected chi connectivity index (χ2v) is 3.26. The Labute approximate surface area is 75.0 Å². The molecule has 0 spiro atoms. The number of aromatic nitrogens is 3. The number of nitrogens with one attached hydrogen (secondary N) is 2. The van der Waals surface area contributed by atoms with Crippen LogP contribution >= 0.6 is 0 Å². The summed E-state index contributed by atoms with van der Waals surface area (Å²) in [4.78, 5) is 14.6. The van der Waals surface area contributed by atoms with E-state index in [1.54, 1.807) is 0 Å². The molecule has 2 aromatic rings. The lowest BCUT2D eigenvalue weighted by Crippen LogP contribution is -2.09. The predicted octanol–water partition coefficient (Wildman–Crippen LogP) is 1.18.